The molecule has 6 nitrogen and oxygen atoms in total. The predicted octanol–water partition coefficient (Wildman–Crippen LogP) is 5.81. The Bertz CT molecular complexity index is 1110. The molecule has 0 spiro atoms. The summed E-state index contributed by atoms with van der Waals surface area (Å²) < 4.78 is 0. The summed E-state index contributed by atoms with van der Waals surface area (Å²) in [6, 6.07) is 11.3. The van der Waals surface area contributed by atoms with Gasteiger partial charge in [0.25, 0.3) is 17.7 Å². The van der Waals surface area contributed by atoms with Crippen molar-refractivity contribution in [2.75, 3.05) is 10.6 Å². The molecular formula is C23H20Cl3N3O3. The zero-order valence-corrected chi connectivity index (χ0v) is 19.2. The monoisotopic (exact) mass is 491 g/mol. The highest BCUT2D eigenvalue weighted by atomic mass is 35.5. The minimum absolute atomic E-state index is 0.0603. The van der Waals surface area contributed by atoms with Gasteiger partial charge in [-0.15, -0.1) is 0 Å². The highest BCUT2D eigenvalue weighted by Gasteiger charge is 2.42. The molecule has 2 N–H and O–H groups in total. The van der Waals surface area contributed by atoms with Crippen molar-refractivity contribution in [2.45, 2.75) is 38.1 Å². The number of benzene rings is 2. The topological polar surface area (TPSA) is 78.5 Å². The molecule has 2 aromatic carbocycles. The van der Waals surface area contributed by atoms with Crippen LogP contribution in [0.25, 0.3) is 0 Å². The second-order valence-corrected chi connectivity index (χ2v) is 8.88. The van der Waals surface area contributed by atoms with E-state index in [4.69, 9.17) is 34.8 Å². The maximum Gasteiger partial charge on any atom is 0.279 e. The molecule has 32 heavy (non-hydrogen) atoms. The Hall–Kier alpha value is -2.54. The summed E-state index contributed by atoms with van der Waals surface area (Å²) in [5.74, 6) is -1.24. The second kappa shape index (κ2) is 9.53. The summed E-state index contributed by atoms with van der Waals surface area (Å²) in [7, 11) is 0. The molecular weight excluding hydrogens is 473 g/mol. The van der Waals surface area contributed by atoms with Crippen molar-refractivity contribution in [3.63, 3.8) is 0 Å². The van der Waals surface area contributed by atoms with E-state index in [-0.39, 0.29) is 27.7 Å². The Morgan fingerprint density at radius 1 is 0.906 bits per heavy atom. The first-order chi connectivity index (χ1) is 15.4. The van der Waals surface area contributed by atoms with Gasteiger partial charge in [0, 0.05) is 17.3 Å². The smallest absolute Gasteiger partial charge is 0.279 e. The lowest BCUT2D eigenvalue weighted by Gasteiger charge is -2.29. The lowest BCUT2D eigenvalue weighted by molar-refractivity contribution is -0.140. The third-order valence-corrected chi connectivity index (χ3v) is 6.78. The van der Waals surface area contributed by atoms with Gasteiger partial charge in [-0.3, -0.25) is 19.3 Å². The molecule has 2 aliphatic rings. The Morgan fingerprint density at radius 3 is 2.28 bits per heavy atom. The zero-order chi connectivity index (χ0) is 22.8. The van der Waals surface area contributed by atoms with Crippen LogP contribution in [0, 0.1) is 0 Å². The Balaban J connectivity index is 1.45. The van der Waals surface area contributed by atoms with Crippen LogP contribution in [-0.4, -0.2) is 28.7 Å². The van der Waals surface area contributed by atoms with E-state index in [2.05, 4.69) is 10.6 Å². The van der Waals surface area contributed by atoms with Crippen LogP contribution >= 0.6 is 34.8 Å². The van der Waals surface area contributed by atoms with Crippen molar-refractivity contribution in [3.05, 3.63) is 68.8 Å². The Kier molecular flexibility index (Phi) is 6.74. The van der Waals surface area contributed by atoms with Gasteiger partial charge < -0.3 is 10.6 Å². The Morgan fingerprint density at radius 2 is 1.59 bits per heavy atom. The SMILES string of the molecule is O=C(Nc1cccc(Cl)c1Cl)c1ccc(NC2=C(Cl)C(=O)N(C3CCCCC3)C2=O)cc1. The number of amides is 3. The van der Waals surface area contributed by atoms with E-state index in [1.165, 1.54) is 4.90 Å². The van der Waals surface area contributed by atoms with E-state index in [0.29, 0.717) is 22.0 Å². The van der Waals surface area contributed by atoms with Crippen LogP contribution in [0.4, 0.5) is 11.4 Å². The van der Waals surface area contributed by atoms with Gasteiger partial charge in [-0.2, -0.15) is 0 Å². The summed E-state index contributed by atoms with van der Waals surface area (Å²) in [4.78, 5) is 39.3. The van der Waals surface area contributed by atoms with Crippen LogP contribution in [0.5, 0.6) is 0 Å². The minimum Gasteiger partial charge on any atom is -0.350 e. The Labute approximate surface area is 200 Å². The highest BCUT2D eigenvalue weighted by molar-refractivity contribution is 6.48. The third kappa shape index (κ3) is 4.49. The quantitative estimate of drug-likeness (QED) is 0.516. The molecule has 0 bridgehead atoms. The average Bonchev–Trinajstić information content (AvgIpc) is 3.01. The number of anilines is 2. The minimum atomic E-state index is -0.458. The standard InChI is InChI=1S/C23H20Cl3N3O3/c24-16-7-4-8-17(18(16)25)28-21(30)13-9-11-14(12-10-13)27-20-19(26)22(31)29(23(20)32)15-5-2-1-3-6-15/h4,7-12,15,27H,1-3,5-6H2,(H,28,30). The van der Waals surface area contributed by atoms with Gasteiger partial charge in [-0.1, -0.05) is 60.1 Å². The predicted molar refractivity (Wildman–Crippen MR) is 126 cm³/mol. The lowest BCUT2D eigenvalue weighted by atomic mass is 9.94. The van der Waals surface area contributed by atoms with E-state index in [1.54, 1.807) is 42.5 Å². The maximum absolute atomic E-state index is 12.9. The molecule has 0 saturated heterocycles. The summed E-state index contributed by atoms with van der Waals surface area (Å²) in [6.45, 7) is 0. The van der Waals surface area contributed by atoms with Crippen LogP contribution in [-0.2, 0) is 9.59 Å². The van der Waals surface area contributed by atoms with Crippen molar-refractivity contribution in [1.29, 1.82) is 0 Å². The third-order valence-electron chi connectivity index (χ3n) is 5.61. The van der Waals surface area contributed by atoms with E-state index in [9.17, 15) is 14.4 Å². The molecule has 2 aromatic rings. The number of carbonyl (C=O) groups is 3. The van der Waals surface area contributed by atoms with Crippen molar-refractivity contribution in [1.82, 2.24) is 4.90 Å². The molecule has 1 saturated carbocycles. The van der Waals surface area contributed by atoms with Crippen molar-refractivity contribution < 1.29 is 14.4 Å². The molecule has 3 amide bonds. The molecule has 1 fully saturated rings. The fourth-order valence-corrected chi connectivity index (χ4v) is 4.51. The molecule has 0 unspecified atom stereocenters. The first kappa shape index (κ1) is 22.6. The fraction of sp³-hybridized carbons (Fsp3) is 0.261. The van der Waals surface area contributed by atoms with Gasteiger partial charge >= 0.3 is 0 Å². The van der Waals surface area contributed by atoms with Crippen molar-refractivity contribution in [2.24, 2.45) is 0 Å². The molecule has 166 valence electrons. The molecule has 1 aliphatic carbocycles. The molecule has 1 heterocycles. The van der Waals surface area contributed by atoms with Crippen LogP contribution in [0.2, 0.25) is 10.0 Å². The number of nitrogens with zero attached hydrogens (tertiary/aromatic N) is 1. The number of nitrogens with one attached hydrogen (secondary N) is 2. The number of halogens is 3. The van der Waals surface area contributed by atoms with E-state index >= 15 is 0 Å². The lowest BCUT2D eigenvalue weighted by Crippen LogP contribution is -2.42. The highest BCUT2D eigenvalue weighted by Crippen LogP contribution is 2.33. The molecule has 9 heteroatoms. The van der Waals surface area contributed by atoms with Gasteiger partial charge in [0.15, 0.2) is 0 Å². The summed E-state index contributed by atoms with van der Waals surface area (Å²) in [5.41, 5.74) is 1.37. The number of carbonyl (C=O) groups excluding carboxylic acids is 3. The number of rotatable bonds is 5. The van der Waals surface area contributed by atoms with Gasteiger partial charge in [0.2, 0.25) is 0 Å². The molecule has 0 atom stereocenters. The average molecular weight is 493 g/mol. The van der Waals surface area contributed by atoms with Gasteiger partial charge in [0.1, 0.15) is 10.7 Å². The zero-order valence-electron chi connectivity index (χ0n) is 17.0. The van der Waals surface area contributed by atoms with E-state index < -0.39 is 11.8 Å². The largest absolute Gasteiger partial charge is 0.350 e. The molecule has 0 radical (unpaired) electrons. The van der Waals surface area contributed by atoms with Crippen LogP contribution in [0.3, 0.4) is 0 Å². The molecule has 0 aromatic heterocycles. The molecule has 1 aliphatic heterocycles. The fourth-order valence-electron chi connectivity index (χ4n) is 3.94. The van der Waals surface area contributed by atoms with Gasteiger partial charge in [-0.25, -0.2) is 0 Å². The number of imide groups is 1. The van der Waals surface area contributed by atoms with Crippen LogP contribution in [0.15, 0.2) is 53.2 Å². The second-order valence-electron chi connectivity index (χ2n) is 7.72. The van der Waals surface area contributed by atoms with E-state index in [1.807, 2.05) is 0 Å². The number of hydrogen-bond acceptors (Lipinski definition) is 4. The molecule has 4 rings (SSSR count). The van der Waals surface area contributed by atoms with E-state index in [0.717, 1.165) is 32.1 Å². The number of hydrogen-bond donors (Lipinski definition) is 2. The first-order valence-corrected chi connectivity index (χ1v) is 11.4. The van der Waals surface area contributed by atoms with Crippen molar-refractivity contribution in [3.8, 4) is 0 Å². The van der Waals surface area contributed by atoms with Crippen LogP contribution in [0.1, 0.15) is 42.5 Å². The first-order valence-electron chi connectivity index (χ1n) is 10.3. The van der Waals surface area contributed by atoms with Gasteiger partial charge in [0.05, 0.1) is 15.7 Å². The normalized spacial score (nSPS) is 17.2. The summed E-state index contributed by atoms with van der Waals surface area (Å²) in [5, 5.41) is 6.13. The van der Waals surface area contributed by atoms with Gasteiger partial charge in [-0.05, 0) is 49.2 Å². The van der Waals surface area contributed by atoms with Crippen molar-refractivity contribution >= 4 is 63.9 Å². The van der Waals surface area contributed by atoms with Crippen LogP contribution < -0.4 is 10.6 Å². The summed E-state index contributed by atoms with van der Waals surface area (Å²) >= 11 is 18.3. The summed E-state index contributed by atoms with van der Waals surface area (Å²) in [6.07, 6.45) is 4.70. The maximum atomic E-state index is 12.9.